The molecule has 2 aromatic carbocycles. The first-order valence-electron chi connectivity index (χ1n) is 7.86. The molecule has 2 aromatic rings. The molecule has 1 N–H and O–H groups in total. The van der Waals surface area contributed by atoms with E-state index in [4.69, 9.17) is 16.3 Å². The molecule has 0 spiro atoms. The molecule has 3 rings (SSSR count). The van der Waals surface area contributed by atoms with Gasteiger partial charge in [-0.15, -0.1) is 0 Å². The second-order valence-electron chi connectivity index (χ2n) is 5.88. The Balaban J connectivity index is 1.70. The SMILES string of the molecule is COc1ccc2c(c1)CCC[C@@H]2NC(=O)Cc1cccc(Cl)c1. The van der Waals surface area contributed by atoms with Gasteiger partial charge in [0.1, 0.15) is 5.75 Å². The zero-order valence-corrected chi connectivity index (χ0v) is 13.9. The van der Waals surface area contributed by atoms with Gasteiger partial charge in [-0.3, -0.25) is 4.79 Å². The second-order valence-corrected chi connectivity index (χ2v) is 6.32. The average molecular weight is 330 g/mol. The van der Waals surface area contributed by atoms with Gasteiger partial charge >= 0.3 is 0 Å². The summed E-state index contributed by atoms with van der Waals surface area (Å²) in [5, 5.41) is 3.82. The predicted octanol–water partition coefficient (Wildman–Crippen LogP) is 4.08. The van der Waals surface area contributed by atoms with Gasteiger partial charge in [0.25, 0.3) is 0 Å². The fourth-order valence-electron chi connectivity index (χ4n) is 3.15. The van der Waals surface area contributed by atoms with Crippen molar-refractivity contribution in [2.45, 2.75) is 31.7 Å². The van der Waals surface area contributed by atoms with Crippen LogP contribution in [0.5, 0.6) is 5.75 Å². The average Bonchev–Trinajstić information content (AvgIpc) is 2.54. The highest BCUT2D eigenvalue weighted by atomic mass is 35.5. The molecule has 0 aliphatic heterocycles. The Morgan fingerprint density at radius 1 is 1.30 bits per heavy atom. The van der Waals surface area contributed by atoms with Crippen LogP contribution in [-0.4, -0.2) is 13.0 Å². The summed E-state index contributed by atoms with van der Waals surface area (Å²) in [7, 11) is 1.68. The summed E-state index contributed by atoms with van der Waals surface area (Å²) in [5.74, 6) is 0.899. The Kier molecular flexibility index (Phi) is 4.87. The lowest BCUT2D eigenvalue weighted by Gasteiger charge is -2.27. The van der Waals surface area contributed by atoms with Crippen molar-refractivity contribution in [3.63, 3.8) is 0 Å². The Morgan fingerprint density at radius 2 is 2.17 bits per heavy atom. The van der Waals surface area contributed by atoms with Crippen molar-refractivity contribution in [3.05, 3.63) is 64.2 Å². The van der Waals surface area contributed by atoms with E-state index in [1.165, 1.54) is 11.1 Å². The number of carbonyl (C=O) groups is 1. The highest BCUT2D eigenvalue weighted by Gasteiger charge is 2.22. The fourth-order valence-corrected chi connectivity index (χ4v) is 3.36. The normalized spacial score (nSPS) is 16.5. The number of carbonyl (C=O) groups excluding carboxylic acids is 1. The number of halogens is 1. The Labute approximate surface area is 141 Å². The molecule has 0 aromatic heterocycles. The fraction of sp³-hybridized carbons (Fsp3) is 0.316. The van der Waals surface area contributed by atoms with Crippen LogP contribution in [0.3, 0.4) is 0 Å². The summed E-state index contributed by atoms with van der Waals surface area (Å²) in [6.07, 6.45) is 3.43. The van der Waals surface area contributed by atoms with E-state index in [0.717, 1.165) is 30.6 Å². The van der Waals surface area contributed by atoms with Crippen LogP contribution in [0.2, 0.25) is 5.02 Å². The highest BCUT2D eigenvalue weighted by Crippen LogP contribution is 2.32. The molecule has 1 aliphatic carbocycles. The number of rotatable bonds is 4. The summed E-state index contributed by atoms with van der Waals surface area (Å²) in [5.41, 5.74) is 3.40. The summed E-state index contributed by atoms with van der Waals surface area (Å²) in [6, 6.07) is 13.6. The largest absolute Gasteiger partial charge is 0.497 e. The van der Waals surface area contributed by atoms with Crippen LogP contribution >= 0.6 is 11.6 Å². The van der Waals surface area contributed by atoms with Gasteiger partial charge in [0.05, 0.1) is 19.6 Å². The van der Waals surface area contributed by atoms with E-state index in [1.54, 1.807) is 7.11 Å². The minimum absolute atomic E-state index is 0.0286. The molecule has 120 valence electrons. The van der Waals surface area contributed by atoms with E-state index in [9.17, 15) is 4.79 Å². The third kappa shape index (κ3) is 3.85. The Hall–Kier alpha value is -2.00. The molecule has 0 radical (unpaired) electrons. The maximum Gasteiger partial charge on any atom is 0.224 e. The summed E-state index contributed by atoms with van der Waals surface area (Å²) >= 11 is 5.97. The lowest BCUT2D eigenvalue weighted by molar-refractivity contribution is -0.121. The van der Waals surface area contributed by atoms with Crippen molar-refractivity contribution >= 4 is 17.5 Å². The molecule has 0 unspecified atom stereocenters. The third-order valence-electron chi connectivity index (χ3n) is 4.25. The molecule has 0 heterocycles. The van der Waals surface area contributed by atoms with Gasteiger partial charge in [0.2, 0.25) is 5.91 Å². The topological polar surface area (TPSA) is 38.3 Å². The van der Waals surface area contributed by atoms with Gasteiger partial charge in [0.15, 0.2) is 0 Å². The number of methoxy groups -OCH3 is 1. The van der Waals surface area contributed by atoms with Crippen LogP contribution in [0.4, 0.5) is 0 Å². The third-order valence-corrected chi connectivity index (χ3v) is 4.49. The predicted molar refractivity (Wildman–Crippen MR) is 92.0 cm³/mol. The number of fused-ring (bicyclic) bond motifs is 1. The first-order chi connectivity index (χ1) is 11.2. The van der Waals surface area contributed by atoms with Gasteiger partial charge < -0.3 is 10.1 Å². The maximum atomic E-state index is 12.3. The summed E-state index contributed by atoms with van der Waals surface area (Å²) < 4.78 is 5.29. The lowest BCUT2D eigenvalue weighted by atomic mass is 9.87. The number of nitrogens with one attached hydrogen (secondary N) is 1. The number of amides is 1. The van der Waals surface area contributed by atoms with Gasteiger partial charge in [-0.05, 0) is 60.2 Å². The van der Waals surface area contributed by atoms with Crippen LogP contribution in [0.25, 0.3) is 0 Å². The summed E-state index contributed by atoms with van der Waals surface area (Å²) in [4.78, 5) is 12.3. The molecule has 1 aliphatic rings. The van der Waals surface area contributed by atoms with Gasteiger partial charge in [0, 0.05) is 5.02 Å². The molecule has 1 amide bonds. The summed E-state index contributed by atoms with van der Waals surface area (Å²) in [6.45, 7) is 0. The van der Waals surface area contributed by atoms with Crippen molar-refractivity contribution in [3.8, 4) is 5.75 Å². The van der Waals surface area contributed by atoms with E-state index in [1.807, 2.05) is 30.3 Å². The molecule has 3 nitrogen and oxygen atoms in total. The molecule has 0 bridgehead atoms. The van der Waals surface area contributed by atoms with Crippen LogP contribution in [-0.2, 0) is 17.6 Å². The van der Waals surface area contributed by atoms with E-state index >= 15 is 0 Å². The number of aryl methyl sites for hydroxylation is 1. The maximum absolute atomic E-state index is 12.3. The van der Waals surface area contributed by atoms with Crippen molar-refractivity contribution < 1.29 is 9.53 Å². The minimum atomic E-state index is 0.0286. The number of benzene rings is 2. The first kappa shape index (κ1) is 15.9. The van der Waals surface area contributed by atoms with E-state index < -0.39 is 0 Å². The van der Waals surface area contributed by atoms with Gasteiger partial charge in [-0.1, -0.05) is 29.8 Å². The highest BCUT2D eigenvalue weighted by molar-refractivity contribution is 6.30. The molecule has 0 fully saturated rings. The van der Waals surface area contributed by atoms with E-state index in [2.05, 4.69) is 17.4 Å². The quantitative estimate of drug-likeness (QED) is 0.917. The molecular weight excluding hydrogens is 310 g/mol. The van der Waals surface area contributed by atoms with Crippen molar-refractivity contribution in [2.75, 3.05) is 7.11 Å². The van der Waals surface area contributed by atoms with Gasteiger partial charge in [-0.25, -0.2) is 0 Å². The second kappa shape index (κ2) is 7.05. The molecule has 23 heavy (non-hydrogen) atoms. The number of ether oxygens (including phenoxy) is 1. The molecule has 1 atom stereocenters. The van der Waals surface area contributed by atoms with Crippen LogP contribution in [0.1, 0.15) is 35.6 Å². The Bertz CT molecular complexity index is 714. The van der Waals surface area contributed by atoms with Crippen LogP contribution in [0, 0.1) is 0 Å². The standard InChI is InChI=1S/C19H20ClNO2/c1-23-16-8-9-17-14(12-16)5-3-7-18(17)21-19(22)11-13-4-2-6-15(20)10-13/h2,4,6,8-10,12,18H,3,5,7,11H2,1H3,(H,21,22)/t18-/m0/s1. The van der Waals surface area contributed by atoms with Gasteiger partial charge in [-0.2, -0.15) is 0 Å². The van der Waals surface area contributed by atoms with Crippen molar-refractivity contribution in [1.29, 1.82) is 0 Å². The zero-order valence-electron chi connectivity index (χ0n) is 13.1. The first-order valence-corrected chi connectivity index (χ1v) is 8.24. The number of hydrogen-bond donors (Lipinski definition) is 1. The van der Waals surface area contributed by atoms with Crippen molar-refractivity contribution in [2.24, 2.45) is 0 Å². The Morgan fingerprint density at radius 3 is 2.96 bits per heavy atom. The van der Waals surface area contributed by atoms with E-state index in [0.29, 0.717) is 11.4 Å². The lowest BCUT2D eigenvalue weighted by Crippen LogP contribution is -2.32. The number of hydrogen-bond acceptors (Lipinski definition) is 2. The van der Waals surface area contributed by atoms with Crippen LogP contribution < -0.4 is 10.1 Å². The molecule has 0 saturated carbocycles. The molecule has 4 heteroatoms. The van der Waals surface area contributed by atoms with Crippen LogP contribution in [0.15, 0.2) is 42.5 Å². The van der Waals surface area contributed by atoms with Crippen molar-refractivity contribution in [1.82, 2.24) is 5.32 Å². The minimum Gasteiger partial charge on any atom is -0.497 e. The smallest absolute Gasteiger partial charge is 0.224 e. The molecular formula is C19H20ClNO2. The monoisotopic (exact) mass is 329 g/mol. The molecule has 0 saturated heterocycles. The van der Waals surface area contributed by atoms with E-state index in [-0.39, 0.29) is 11.9 Å². The zero-order chi connectivity index (χ0) is 16.2.